The Morgan fingerprint density at radius 3 is 2.58 bits per heavy atom. The third-order valence-corrected chi connectivity index (χ3v) is 3.31. The minimum Gasteiger partial charge on any atom is -0.241 e. The van der Waals surface area contributed by atoms with Gasteiger partial charge in [0.05, 0.1) is 0 Å². The highest BCUT2D eigenvalue weighted by molar-refractivity contribution is 5.71. The lowest BCUT2D eigenvalue weighted by Gasteiger charge is -1.95. The fourth-order valence-corrected chi connectivity index (χ4v) is 2.35. The third kappa shape index (κ3) is 2.43. The first-order valence-corrected chi connectivity index (χ1v) is 6.53. The first-order valence-electron chi connectivity index (χ1n) is 6.53. The number of fused-ring (bicyclic) bond motifs is 1. The molecule has 0 atom stereocenters. The smallest absolute Gasteiger partial charge is 0.241 e. The van der Waals surface area contributed by atoms with Crippen molar-refractivity contribution < 1.29 is 4.57 Å². The zero-order valence-electron chi connectivity index (χ0n) is 11.0. The molecule has 3 rings (SSSR count). The predicted octanol–water partition coefficient (Wildman–Crippen LogP) is 3.48. The summed E-state index contributed by atoms with van der Waals surface area (Å²) in [6.45, 7) is 2.99. The molecule has 0 aliphatic carbocycles. The second-order valence-corrected chi connectivity index (χ2v) is 4.65. The Kier molecular flexibility index (Phi) is 3.15. The first-order chi connectivity index (χ1) is 9.34. The van der Waals surface area contributed by atoms with E-state index in [2.05, 4.69) is 77.2 Å². The van der Waals surface area contributed by atoms with Crippen molar-refractivity contribution in [2.75, 3.05) is 0 Å². The Morgan fingerprint density at radius 1 is 1.00 bits per heavy atom. The van der Waals surface area contributed by atoms with Gasteiger partial charge in [0.2, 0.25) is 0 Å². The molecule has 2 aromatic carbocycles. The molecular formula is C17H17N2+. The van der Waals surface area contributed by atoms with Gasteiger partial charge in [0.25, 0.3) is 5.82 Å². The Balaban J connectivity index is 1.86. The number of nitrogens with one attached hydrogen (secondary N) is 1. The molecule has 0 saturated carbocycles. The normalized spacial score (nSPS) is 11.4. The monoisotopic (exact) mass is 249 g/mol. The van der Waals surface area contributed by atoms with Crippen LogP contribution in [0.1, 0.15) is 11.4 Å². The molecule has 2 nitrogen and oxygen atoms in total. The van der Waals surface area contributed by atoms with E-state index < -0.39 is 0 Å². The van der Waals surface area contributed by atoms with Crippen molar-refractivity contribution in [1.82, 2.24) is 4.98 Å². The number of rotatable bonds is 3. The molecule has 0 aliphatic heterocycles. The molecule has 3 aromatic rings. The number of nitrogens with zero attached hydrogens (tertiary/aromatic N) is 1. The van der Waals surface area contributed by atoms with Crippen molar-refractivity contribution in [3.05, 3.63) is 72.1 Å². The molecule has 2 heteroatoms. The van der Waals surface area contributed by atoms with E-state index in [0.717, 1.165) is 6.54 Å². The second kappa shape index (κ2) is 5.11. The van der Waals surface area contributed by atoms with E-state index >= 15 is 0 Å². The molecule has 0 amide bonds. The summed E-state index contributed by atoms with van der Waals surface area (Å²) in [7, 11) is 0. The van der Waals surface area contributed by atoms with Gasteiger partial charge in [0.15, 0.2) is 11.0 Å². The molecule has 1 heterocycles. The molecule has 94 valence electrons. The van der Waals surface area contributed by atoms with Crippen LogP contribution in [0.4, 0.5) is 0 Å². The van der Waals surface area contributed by atoms with E-state index in [0.29, 0.717) is 0 Å². The highest BCUT2D eigenvalue weighted by atomic mass is 15.1. The maximum Gasteiger partial charge on any atom is 0.252 e. The molecule has 0 bridgehead atoms. The van der Waals surface area contributed by atoms with Gasteiger partial charge in [-0.1, -0.05) is 48.5 Å². The zero-order chi connectivity index (χ0) is 13.1. The zero-order valence-corrected chi connectivity index (χ0v) is 11.0. The maximum atomic E-state index is 3.40. The molecule has 1 aromatic heterocycles. The molecule has 1 N–H and O–H groups in total. The summed E-state index contributed by atoms with van der Waals surface area (Å²) in [5.74, 6) is 1.18. The van der Waals surface area contributed by atoms with E-state index in [-0.39, 0.29) is 0 Å². The van der Waals surface area contributed by atoms with Crippen LogP contribution in [0.5, 0.6) is 0 Å². The summed E-state index contributed by atoms with van der Waals surface area (Å²) < 4.78 is 2.29. The number of para-hydroxylation sites is 2. The molecule has 0 saturated heterocycles. The number of H-pyrrole nitrogens is 1. The summed E-state index contributed by atoms with van der Waals surface area (Å²) in [5.41, 5.74) is 3.67. The highest BCUT2D eigenvalue weighted by Crippen LogP contribution is 2.08. The third-order valence-electron chi connectivity index (χ3n) is 3.31. The highest BCUT2D eigenvalue weighted by Gasteiger charge is 2.11. The number of aromatic amines is 1. The van der Waals surface area contributed by atoms with Crippen molar-refractivity contribution in [1.29, 1.82) is 0 Å². The second-order valence-electron chi connectivity index (χ2n) is 4.65. The number of aromatic nitrogens is 2. The van der Waals surface area contributed by atoms with Gasteiger partial charge in [0.1, 0.15) is 6.54 Å². The number of allylic oxidation sites excluding steroid dienone is 1. The molecule has 19 heavy (non-hydrogen) atoms. The van der Waals surface area contributed by atoms with Gasteiger partial charge in [-0.3, -0.25) is 0 Å². The molecule has 0 unspecified atom stereocenters. The van der Waals surface area contributed by atoms with Gasteiger partial charge in [-0.2, -0.15) is 0 Å². The summed E-state index contributed by atoms with van der Waals surface area (Å²) in [6.07, 6.45) is 4.36. The van der Waals surface area contributed by atoms with Gasteiger partial charge in [0, 0.05) is 6.92 Å². The minimum atomic E-state index is 0.880. The molecule has 0 spiro atoms. The lowest BCUT2D eigenvalue weighted by Crippen LogP contribution is -2.34. The van der Waals surface area contributed by atoms with Crippen LogP contribution in [0.2, 0.25) is 0 Å². The van der Waals surface area contributed by atoms with Crippen LogP contribution >= 0.6 is 0 Å². The number of benzene rings is 2. The van der Waals surface area contributed by atoms with Crippen molar-refractivity contribution in [3.8, 4) is 0 Å². The number of hydrogen-bond donors (Lipinski definition) is 1. The topological polar surface area (TPSA) is 19.7 Å². The molecule has 0 aliphatic rings. The average molecular weight is 249 g/mol. The fourth-order valence-electron chi connectivity index (χ4n) is 2.35. The Bertz CT molecular complexity index is 708. The van der Waals surface area contributed by atoms with E-state index in [4.69, 9.17) is 0 Å². The quantitative estimate of drug-likeness (QED) is 0.686. The SMILES string of the molecule is Cc1[nH]c2ccccc2[n+]1CC=Cc1ccccc1. The summed E-state index contributed by atoms with van der Waals surface area (Å²) in [4.78, 5) is 3.40. The lowest BCUT2D eigenvalue weighted by atomic mass is 10.2. The van der Waals surface area contributed by atoms with Crippen LogP contribution in [0.3, 0.4) is 0 Å². The van der Waals surface area contributed by atoms with Gasteiger partial charge in [-0.25, -0.2) is 9.55 Å². The minimum absolute atomic E-state index is 0.880. The van der Waals surface area contributed by atoms with Crippen LogP contribution in [-0.4, -0.2) is 4.98 Å². The average Bonchev–Trinajstić information content (AvgIpc) is 2.76. The Hall–Kier alpha value is -2.35. The molecule has 0 fully saturated rings. The van der Waals surface area contributed by atoms with Crippen LogP contribution in [0.25, 0.3) is 17.1 Å². The van der Waals surface area contributed by atoms with Crippen LogP contribution in [-0.2, 0) is 6.54 Å². The van der Waals surface area contributed by atoms with Gasteiger partial charge >= 0.3 is 0 Å². The van der Waals surface area contributed by atoms with Crippen LogP contribution in [0.15, 0.2) is 60.7 Å². The lowest BCUT2D eigenvalue weighted by molar-refractivity contribution is -0.666. The van der Waals surface area contributed by atoms with E-state index in [1.54, 1.807) is 0 Å². The summed E-state index contributed by atoms with van der Waals surface area (Å²) >= 11 is 0. The molecule has 0 radical (unpaired) electrons. The van der Waals surface area contributed by atoms with Crippen LogP contribution in [0, 0.1) is 6.92 Å². The maximum absolute atomic E-state index is 3.40. The van der Waals surface area contributed by atoms with Crippen molar-refractivity contribution in [2.24, 2.45) is 0 Å². The predicted molar refractivity (Wildman–Crippen MR) is 78.7 cm³/mol. The Labute approximate surface area is 113 Å². The van der Waals surface area contributed by atoms with E-state index in [9.17, 15) is 0 Å². The number of imidazole rings is 1. The number of hydrogen-bond acceptors (Lipinski definition) is 0. The van der Waals surface area contributed by atoms with Crippen molar-refractivity contribution in [2.45, 2.75) is 13.5 Å². The van der Waals surface area contributed by atoms with E-state index in [1.165, 1.54) is 22.4 Å². The largest absolute Gasteiger partial charge is 0.252 e. The van der Waals surface area contributed by atoms with Crippen LogP contribution < -0.4 is 4.57 Å². The summed E-state index contributed by atoms with van der Waals surface area (Å²) in [6, 6.07) is 18.8. The number of aryl methyl sites for hydroxylation is 1. The van der Waals surface area contributed by atoms with Crippen molar-refractivity contribution in [3.63, 3.8) is 0 Å². The first kappa shape index (κ1) is 11.7. The standard InChI is InChI=1S/C17H16N2/c1-14-18-16-11-5-6-12-17(16)19(14)13-7-10-15-8-3-2-4-9-15/h2-12H,13H2,1H3/p+1. The molecular weight excluding hydrogens is 232 g/mol. The summed E-state index contributed by atoms with van der Waals surface area (Å²) in [5, 5.41) is 0. The van der Waals surface area contributed by atoms with Gasteiger partial charge in [-0.15, -0.1) is 0 Å². The van der Waals surface area contributed by atoms with E-state index in [1.807, 2.05) is 6.07 Å². The Morgan fingerprint density at radius 2 is 1.74 bits per heavy atom. The fraction of sp³-hybridized carbons (Fsp3) is 0.118. The van der Waals surface area contributed by atoms with Gasteiger partial charge < -0.3 is 0 Å². The van der Waals surface area contributed by atoms with Gasteiger partial charge in [-0.05, 0) is 23.8 Å². The van der Waals surface area contributed by atoms with Crippen molar-refractivity contribution >= 4 is 17.1 Å².